The minimum atomic E-state index is -1.43. The Balaban J connectivity index is 2.09. The van der Waals surface area contributed by atoms with Crippen LogP contribution in [0.4, 0.5) is 4.79 Å². The first-order valence-corrected chi connectivity index (χ1v) is 8.64. The number of esters is 1. The van der Waals surface area contributed by atoms with Crippen LogP contribution in [0.1, 0.15) is 18.5 Å². The monoisotopic (exact) mass is 378 g/mol. The Bertz CT molecular complexity index is 736. The van der Waals surface area contributed by atoms with Gasteiger partial charge < -0.3 is 35.4 Å². The van der Waals surface area contributed by atoms with Gasteiger partial charge in [-0.25, -0.2) is 9.59 Å². The number of carbonyl (C=O) groups is 2. The minimum absolute atomic E-state index is 0.00792. The zero-order chi connectivity index (χ0) is 19.6. The van der Waals surface area contributed by atoms with Crippen LogP contribution in [0.3, 0.4) is 0 Å². The van der Waals surface area contributed by atoms with Gasteiger partial charge in [-0.1, -0.05) is 30.3 Å². The van der Waals surface area contributed by atoms with Crippen molar-refractivity contribution in [3.63, 3.8) is 0 Å². The van der Waals surface area contributed by atoms with Crippen molar-refractivity contribution in [2.24, 2.45) is 0 Å². The summed E-state index contributed by atoms with van der Waals surface area (Å²) in [6.07, 6.45) is -5.04. The quantitative estimate of drug-likeness (QED) is 0.429. The molecule has 9 nitrogen and oxygen atoms in total. The van der Waals surface area contributed by atoms with Crippen LogP contribution in [-0.4, -0.2) is 64.9 Å². The second kappa shape index (κ2) is 8.05. The topological polar surface area (TPSA) is 137 Å². The number of hydrogen-bond donors (Lipinski definition) is 5. The second-order valence-electron chi connectivity index (χ2n) is 6.25. The molecule has 9 heteroatoms. The summed E-state index contributed by atoms with van der Waals surface area (Å²) in [5, 5.41) is 34.8. The number of rotatable bonds is 5. The summed E-state index contributed by atoms with van der Waals surface area (Å²) in [6, 6.07) is 7.39. The van der Waals surface area contributed by atoms with Gasteiger partial charge in [-0.15, -0.1) is 0 Å². The number of aliphatic hydroxyl groups excluding tert-OH is 3. The Kier molecular flexibility index (Phi) is 5.76. The molecule has 0 spiro atoms. The van der Waals surface area contributed by atoms with Crippen molar-refractivity contribution in [3.8, 4) is 0 Å². The first-order chi connectivity index (χ1) is 13.0. The maximum atomic E-state index is 12.7. The molecule has 1 fully saturated rings. The molecule has 27 heavy (non-hydrogen) atoms. The van der Waals surface area contributed by atoms with Crippen LogP contribution in [-0.2, 0) is 14.3 Å². The molecule has 0 aromatic heterocycles. The van der Waals surface area contributed by atoms with E-state index in [1.807, 2.05) is 0 Å². The van der Waals surface area contributed by atoms with Gasteiger partial charge in [0, 0.05) is 0 Å². The summed E-state index contributed by atoms with van der Waals surface area (Å²) >= 11 is 0. The van der Waals surface area contributed by atoms with Crippen LogP contribution >= 0.6 is 0 Å². The summed E-state index contributed by atoms with van der Waals surface area (Å²) in [4.78, 5) is 24.9. The largest absolute Gasteiger partial charge is 0.463 e. The number of nitrogens with one attached hydrogen (secondary N) is 2. The van der Waals surface area contributed by atoms with E-state index in [0.717, 1.165) is 0 Å². The van der Waals surface area contributed by atoms with Crippen molar-refractivity contribution < 1.29 is 34.4 Å². The SMILES string of the molecule is CCOC(=O)C1=C([C@@H]2O[C@H](CO)[C@@H](O)[C@H]2O)NC(=O)N[C@@H]1c1ccccc1. The number of amides is 2. The van der Waals surface area contributed by atoms with E-state index < -0.39 is 49.1 Å². The number of ether oxygens (including phenoxy) is 2. The molecule has 5 N–H and O–H groups in total. The Morgan fingerprint density at radius 3 is 2.52 bits per heavy atom. The van der Waals surface area contributed by atoms with Gasteiger partial charge in [0.25, 0.3) is 0 Å². The molecule has 2 aliphatic heterocycles. The van der Waals surface area contributed by atoms with Crippen molar-refractivity contribution >= 4 is 12.0 Å². The van der Waals surface area contributed by atoms with Gasteiger partial charge in [0.2, 0.25) is 0 Å². The molecule has 0 radical (unpaired) electrons. The molecule has 0 aliphatic carbocycles. The summed E-state index contributed by atoms with van der Waals surface area (Å²) < 4.78 is 10.6. The first-order valence-electron chi connectivity index (χ1n) is 8.64. The third-order valence-electron chi connectivity index (χ3n) is 4.56. The highest BCUT2D eigenvalue weighted by Crippen LogP contribution is 2.34. The van der Waals surface area contributed by atoms with E-state index in [2.05, 4.69) is 10.6 Å². The molecule has 2 amide bonds. The normalized spacial score (nSPS) is 30.7. The van der Waals surface area contributed by atoms with Gasteiger partial charge in [-0.2, -0.15) is 0 Å². The predicted molar refractivity (Wildman–Crippen MR) is 92.3 cm³/mol. The molecule has 0 bridgehead atoms. The minimum Gasteiger partial charge on any atom is -0.463 e. The van der Waals surface area contributed by atoms with Gasteiger partial charge in [-0.05, 0) is 12.5 Å². The summed E-state index contributed by atoms with van der Waals surface area (Å²) in [7, 11) is 0. The number of hydrogen-bond acceptors (Lipinski definition) is 7. The molecule has 3 rings (SSSR count). The number of urea groups is 1. The van der Waals surface area contributed by atoms with Crippen molar-refractivity contribution in [2.75, 3.05) is 13.2 Å². The number of aliphatic hydroxyl groups is 3. The summed E-state index contributed by atoms with van der Waals surface area (Å²) in [5.74, 6) is -0.688. The standard InChI is InChI=1S/C18H22N2O7/c1-2-26-17(24)11-12(9-6-4-3-5-7-9)19-18(25)20-13(11)16-15(23)14(22)10(8-21)27-16/h3-7,10,12,14-16,21-23H,2,8H2,1H3,(H2,19,20,25)/t10-,12-,14-,15-,16+/m1/s1. The third kappa shape index (κ3) is 3.67. The van der Waals surface area contributed by atoms with Crippen molar-refractivity contribution in [2.45, 2.75) is 37.4 Å². The van der Waals surface area contributed by atoms with Gasteiger partial charge >= 0.3 is 12.0 Å². The Morgan fingerprint density at radius 1 is 1.22 bits per heavy atom. The van der Waals surface area contributed by atoms with Crippen LogP contribution in [0.5, 0.6) is 0 Å². The van der Waals surface area contributed by atoms with E-state index in [-0.39, 0.29) is 17.9 Å². The molecular formula is C18H22N2O7. The van der Waals surface area contributed by atoms with E-state index in [1.165, 1.54) is 0 Å². The van der Waals surface area contributed by atoms with Gasteiger partial charge in [0.1, 0.15) is 24.4 Å². The lowest BCUT2D eigenvalue weighted by atomic mass is 9.92. The van der Waals surface area contributed by atoms with Gasteiger partial charge in [0.05, 0.1) is 30.5 Å². The Labute approximate surface area is 155 Å². The molecular weight excluding hydrogens is 356 g/mol. The molecule has 0 unspecified atom stereocenters. The molecule has 1 aromatic carbocycles. The number of benzene rings is 1. The van der Waals surface area contributed by atoms with Crippen LogP contribution in [0.2, 0.25) is 0 Å². The third-order valence-corrected chi connectivity index (χ3v) is 4.56. The highest BCUT2D eigenvalue weighted by molar-refractivity contribution is 5.95. The maximum absolute atomic E-state index is 12.7. The fourth-order valence-electron chi connectivity index (χ4n) is 3.28. The van der Waals surface area contributed by atoms with E-state index in [0.29, 0.717) is 5.56 Å². The van der Waals surface area contributed by atoms with Crippen LogP contribution < -0.4 is 10.6 Å². The zero-order valence-electron chi connectivity index (χ0n) is 14.7. The van der Waals surface area contributed by atoms with Crippen molar-refractivity contribution in [1.29, 1.82) is 0 Å². The van der Waals surface area contributed by atoms with E-state index in [1.54, 1.807) is 37.3 Å². The summed E-state index contributed by atoms with van der Waals surface area (Å²) in [6.45, 7) is 1.24. The van der Waals surface area contributed by atoms with Crippen LogP contribution in [0.15, 0.2) is 41.6 Å². The Hall–Kier alpha value is -2.46. The molecule has 1 saturated heterocycles. The predicted octanol–water partition coefficient (Wildman–Crippen LogP) is -0.661. The van der Waals surface area contributed by atoms with Crippen LogP contribution in [0.25, 0.3) is 0 Å². The highest BCUT2D eigenvalue weighted by Gasteiger charge is 2.48. The zero-order valence-corrected chi connectivity index (χ0v) is 14.7. The average Bonchev–Trinajstić information content (AvgIpc) is 2.96. The smallest absolute Gasteiger partial charge is 0.338 e. The molecule has 146 valence electrons. The fourth-order valence-corrected chi connectivity index (χ4v) is 3.28. The number of carbonyl (C=O) groups excluding carboxylic acids is 2. The molecule has 0 saturated carbocycles. The highest BCUT2D eigenvalue weighted by atomic mass is 16.6. The lowest BCUT2D eigenvalue weighted by Crippen LogP contribution is -2.50. The average molecular weight is 378 g/mol. The lowest BCUT2D eigenvalue weighted by molar-refractivity contribution is -0.139. The molecule has 1 aromatic rings. The Morgan fingerprint density at radius 2 is 1.93 bits per heavy atom. The first kappa shape index (κ1) is 19.3. The fraction of sp³-hybridized carbons (Fsp3) is 0.444. The van der Waals surface area contributed by atoms with E-state index in [9.17, 15) is 24.9 Å². The van der Waals surface area contributed by atoms with Gasteiger partial charge in [-0.3, -0.25) is 0 Å². The summed E-state index contributed by atoms with van der Waals surface area (Å²) in [5.41, 5.74) is 0.714. The molecule has 2 aliphatic rings. The van der Waals surface area contributed by atoms with Crippen LogP contribution in [0, 0.1) is 0 Å². The van der Waals surface area contributed by atoms with E-state index in [4.69, 9.17) is 9.47 Å². The van der Waals surface area contributed by atoms with E-state index >= 15 is 0 Å². The second-order valence-corrected chi connectivity index (χ2v) is 6.25. The molecule has 2 heterocycles. The van der Waals surface area contributed by atoms with Crippen molar-refractivity contribution in [1.82, 2.24) is 10.6 Å². The van der Waals surface area contributed by atoms with Crippen molar-refractivity contribution in [3.05, 3.63) is 47.2 Å². The van der Waals surface area contributed by atoms with Gasteiger partial charge in [0.15, 0.2) is 0 Å². The lowest BCUT2D eigenvalue weighted by Gasteiger charge is -2.32. The molecule has 5 atom stereocenters. The maximum Gasteiger partial charge on any atom is 0.338 e.